The average molecular weight is 240 g/mol. The van der Waals surface area contributed by atoms with E-state index >= 15 is 0 Å². The van der Waals surface area contributed by atoms with Gasteiger partial charge in [-0.1, -0.05) is 6.92 Å². The van der Waals surface area contributed by atoms with Crippen LogP contribution < -0.4 is 10.6 Å². The number of amides is 1. The van der Waals surface area contributed by atoms with Gasteiger partial charge < -0.3 is 15.4 Å². The topological polar surface area (TPSA) is 50.4 Å². The highest BCUT2D eigenvalue weighted by molar-refractivity contribution is 5.83. The molecule has 0 aromatic carbocycles. The first kappa shape index (κ1) is 12.8. The lowest BCUT2D eigenvalue weighted by molar-refractivity contribution is -0.133. The number of ether oxygens (including phenoxy) is 1. The molecule has 1 aliphatic heterocycles. The van der Waals surface area contributed by atoms with Crippen molar-refractivity contribution in [3.8, 4) is 0 Å². The third-order valence-electron chi connectivity index (χ3n) is 4.48. The second-order valence-corrected chi connectivity index (χ2v) is 5.68. The second-order valence-electron chi connectivity index (χ2n) is 5.68. The van der Waals surface area contributed by atoms with Crippen LogP contribution in [0.4, 0.5) is 0 Å². The Balaban J connectivity index is 1.88. The molecule has 17 heavy (non-hydrogen) atoms. The number of rotatable bonds is 6. The van der Waals surface area contributed by atoms with E-state index in [0.29, 0.717) is 12.0 Å². The van der Waals surface area contributed by atoms with Gasteiger partial charge in [-0.25, -0.2) is 0 Å². The molecule has 2 aliphatic rings. The Bertz CT molecular complexity index is 281. The van der Waals surface area contributed by atoms with Gasteiger partial charge in [0.2, 0.25) is 5.91 Å². The molecule has 0 aromatic heterocycles. The predicted molar refractivity (Wildman–Crippen MR) is 66.8 cm³/mol. The summed E-state index contributed by atoms with van der Waals surface area (Å²) in [4.78, 5) is 12.3. The normalized spacial score (nSPS) is 30.2. The molecule has 0 bridgehead atoms. The fourth-order valence-corrected chi connectivity index (χ4v) is 2.69. The van der Waals surface area contributed by atoms with Crippen molar-refractivity contribution in [3.05, 3.63) is 0 Å². The summed E-state index contributed by atoms with van der Waals surface area (Å²) < 4.78 is 5.22. The van der Waals surface area contributed by atoms with Gasteiger partial charge in [0.25, 0.3) is 0 Å². The molecule has 1 aliphatic carbocycles. The van der Waals surface area contributed by atoms with Crippen LogP contribution in [0.1, 0.15) is 32.6 Å². The second kappa shape index (κ2) is 4.94. The van der Waals surface area contributed by atoms with Crippen LogP contribution in [0.5, 0.6) is 0 Å². The van der Waals surface area contributed by atoms with E-state index in [9.17, 15) is 4.79 Å². The van der Waals surface area contributed by atoms with Crippen molar-refractivity contribution < 1.29 is 9.53 Å². The number of carbonyl (C=O) groups is 1. The first-order chi connectivity index (χ1) is 8.16. The van der Waals surface area contributed by atoms with Crippen molar-refractivity contribution in [2.24, 2.45) is 10.8 Å². The first-order valence-electron chi connectivity index (χ1n) is 6.64. The molecule has 1 heterocycles. The van der Waals surface area contributed by atoms with Crippen LogP contribution in [-0.4, -0.2) is 39.3 Å². The Morgan fingerprint density at radius 3 is 2.65 bits per heavy atom. The zero-order valence-corrected chi connectivity index (χ0v) is 11.0. The van der Waals surface area contributed by atoms with E-state index < -0.39 is 0 Å². The standard InChI is InChI=1S/C13H24N2O2/c1-3-12(4-5-12)8-15-11(16)13(10-17-2)6-7-14-9-13/h14H,3-10H2,1-2H3,(H,15,16). The third-order valence-corrected chi connectivity index (χ3v) is 4.48. The van der Waals surface area contributed by atoms with Crippen LogP contribution in [0, 0.1) is 10.8 Å². The van der Waals surface area contributed by atoms with Crippen LogP contribution >= 0.6 is 0 Å². The Kier molecular flexibility index (Phi) is 3.73. The monoisotopic (exact) mass is 240 g/mol. The summed E-state index contributed by atoms with van der Waals surface area (Å²) in [5, 5.41) is 6.41. The number of methoxy groups -OCH3 is 1. The summed E-state index contributed by atoms with van der Waals surface area (Å²) >= 11 is 0. The summed E-state index contributed by atoms with van der Waals surface area (Å²) in [6.07, 6.45) is 4.58. The SMILES string of the molecule is CCC1(CNC(=O)C2(COC)CCNC2)CC1. The lowest BCUT2D eigenvalue weighted by Gasteiger charge is -2.27. The molecule has 4 nitrogen and oxygen atoms in total. The molecule has 1 unspecified atom stereocenters. The minimum absolute atomic E-state index is 0.170. The smallest absolute Gasteiger partial charge is 0.229 e. The van der Waals surface area contributed by atoms with Gasteiger partial charge in [-0.15, -0.1) is 0 Å². The lowest BCUT2D eigenvalue weighted by atomic mass is 9.86. The van der Waals surface area contributed by atoms with Crippen LogP contribution in [0.15, 0.2) is 0 Å². The zero-order chi connectivity index (χ0) is 12.4. The quantitative estimate of drug-likeness (QED) is 0.726. The molecule has 0 aromatic rings. The summed E-state index contributed by atoms with van der Waals surface area (Å²) in [5.74, 6) is 0.170. The number of carbonyl (C=O) groups excluding carboxylic acids is 1. The molecule has 2 fully saturated rings. The van der Waals surface area contributed by atoms with Crippen molar-refractivity contribution >= 4 is 5.91 Å². The predicted octanol–water partition coefficient (Wildman–Crippen LogP) is 0.919. The maximum atomic E-state index is 12.3. The van der Waals surface area contributed by atoms with Crippen molar-refractivity contribution in [2.75, 3.05) is 33.4 Å². The minimum Gasteiger partial charge on any atom is -0.384 e. The van der Waals surface area contributed by atoms with E-state index in [1.54, 1.807) is 7.11 Å². The number of hydrogen-bond acceptors (Lipinski definition) is 3. The van der Waals surface area contributed by atoms with E-state index in [1.807, 2.05) is 0 Å². The molecule has 98 valence electrons. The highest BCUT2D eigenvalue weighted by Gasteiger charge is 2.45. The molecule has 2 N–H and O–H groups in total. The van der Waals surface area contributed by atoms with E-state index in [0.717, 1.165) is 26.1 Å². The maximum Gasteiger partial charge on any atom is 0.229 e. The molecular weight excluding hydrogens is 216 g/mol. The van der Waals surface area contributed by atoms with Crippen LogP contribution in [0.3, 0.4) is 0 Å². The van der Waals surface area contributed by atoms with Crippen molar-refractivity contribution in [3.63, 3.8) is 0 Å². The van der Waals surface area contributed by atoms with E-state index in [1.165, 1.54) is 19.3 Å². The van der Waals surface area contributed by atoms with Gasteiger partial charge in [-0.3, -0.25) is 4.79 Å². The van der Waals surface area contributed by atoms with Gasteiger partial charge >= 0.3 is 0 Å². The lowest BCUT2D eigenvalue weighted by Crippen LogP contribution is -2.47. The summed E-state index contributed by atoms with van der Waals surface area (Å²) in [6.45, 7) is 5.22. The summed E-state index contributed by atoms with van der Waals surface area (Å²) in [5.41, 5.74) is 0.0779. The van der Waals surface area contributed by atoms with Gasteiger partial charge in [0.05, 0.1) is 12.0 Å². The largest absolute Gasteiger partial charge is 0.384 e. The number of hydrogen-bond donors (Lipinski definition) is 2. The molecule has 2 rings (SSSR count). The maximum absolute atomic E-state index is 12.3. The van der Waals surface area contributed by atoms with Gasteiger partial charge in [0.15, 0.2) is 0 Å². The van der Waals surface area contributed by atoms with E-state index in [4.69, 9.17) is 4.74 Å². The summed E-state index contributed by atoms with van der Waals surface area (Å²) in [7, 11) is 1.67. The Morgan fingerprint density at radius 2 is 2.18 bits per heavy atom. The molecular formula is C13H24N2O2. The summed E-state index contributed by atoms with van der Waals surface area (Å²) in [6, 6.07) is 0. The van der Waals surface area contributed by atoms with Crippen LogP contribution in [0.25, 0.3) is 0 Å². The highest BCUT2D eigenvalue weighted by Crippen LogP contribution is 2.48. The van der Waals surface area contributed by atoms with Crippen LogP contribution in [0.2, 0.25) is 0 Å². The highest BCUT2D eigenvalue weighted by atomic mass is 16.5. The molecule has 1 saturated heterocycles. The van der Waals surface area contributed by atoms with Crippen molar-refractivity contribution in [1.29, 1.82) is 0 Å². The molecule has 1 atom stereocenters. The zero-order valence-electron chi connectivity index (χ0n) is 11.0. The fraction of sp³-hybridized carbons (Fsp3) is 0.923. The first-order valence-corrected chi connectivity index (χ1v) is 6.64. The fourth-order valence-electron chi connectivity index (χ4n) is 2.69. The van der Waals surface area contributed by atoms with E-state index in [-0.39, 0.29) is 11.3 Å². The van der Waals surface area contributed by atoms with Gasteiger partial charge in [-0.05, 0) is 37.6 Å². The van der Waals surface area contributed by atoms with Gasteiger partial charge in [0.1, 0.15) is 0 Å². The molecule has 0 radical (unpaired) electrons. The van der Waals surface area contributed by atoms with E-state index in [2.05, 4.69) is 17.6 Å². The Hall–Kier alpha value is -0.610. The molecule has 1 amide bonds. The molecule has 1 saturated carbocycles. The minimum atomic E-state index is -0.335. The average Bonchev–Trinajstić information content (AvgIpc) is 2.98. The van der Waals surface area contributed by atoms with Gasteiger partial charge in [0, 0.05) is 20.2 Å². The van der Waals surface area contributed by atoms with Crippen molar-refractivity contribution in [2.45, 2.75) is 32.6 Å². The van der Waals surface area contributed by atoms with Crippen molar-refractivity contribution in [1.82, 2.24) is 10.6 Å². The molecule has 0 spiro atoms. The Labute approximate surface area is 103 Å². The van der Waals surface area contributed by atoms with Gasteiger partial charge in [-0.2, -0.15) is 0 Å². The third kappa shape index (κ3) is 2.63. The molecule has 4 heteroatoms. The van der Waals surface area contributed by atoms with Crippen LogP contribution in [-0.2, 0) is 9.53 Å². The Morgan fingerprint density at radius 1 is 1.41 bits per heavy atom. The number of nitrogens with one attached hydrogen (secondary N) is 2.